The summed E-state index contributed by atoms with van der Waals surface area (Å²) in [7, 11) is 1.57. The van der Waals surface area contributed by atoms with Crippen LogP contribution in [0.5, 0.6) is 11.5 Å². The second-order valence-electron chi connectivity index (χ2n) is 8.05. The van der Waals surface area contributed by atoms with Crippen molar-refractivity contribution in [2.75, 3.05) is 18.6 Å². The maximum absolute atomic E-state index is 13.6. The van der Waals surface area contributed by atoms with Gasteiger partial charge in [-0.1, -0.05) is 37.6 Å². The lowest BCUT2D eigenvalue weighted by molar-refractivity contribution is 0.0970. The van der Waals surface area contributed by atoms with E-state index < -0.39 is 11.9 Å². The van der Waals surface area contributed by atoms with Gasteiger partial charge >= 0.3 is 0 Å². The van der Waals surface area contributed by atoms with E-state index >= 15 is 0 Å². The molecule has 0 bridgehead atoms. The summed E-state index contributed by atoms with van der Waals surface area (Å²) < 4.78 is 17.4. The summed E-state index contributed by atoms with van der Waals surface area (Å²) in [4.78, 5) is 33.1. The molecule has 0 aliphatic carbocycles. The molecule has 3 heterocycles. The number of unbranched alkanes of at least 4 members (excludes halogenated alkanes) is 1. The molecule has 1 atom stereocenters. The Balaban J connectivity index is 1.70. The second kappa shape index (κ2) is 9.02. The van der Waals surface area contributed by atoms with Crippen LogP contribution in [0.1, 0.15) is 47.5 Å². The first kappa shape index (κ1) is 21.7. The summed E-state index contributed by atoms with van der Waals surface area (Å²) in [6.45, 7) is 2.67. The summed E-state index contributed by atoms with van der Waals surface area (Å²) in [6.07, 6.45) is 3.56. The predicted octanol–water partition coefficient (Wildman–Crippen LogP) is 5.13. The largest absolute Gasteiger partial charge is 0.493 e. The number of amides is 1. The van der Waals surface area contributed by atoms with Gasteiger partial charge in [0, 0.05) is 6.20 Å². The van der Waals surface area contributed by atoms with E-state index in [0.717, 1.165) is 12.8 Å². The normalized spacial score (nSPS) is 14.9. The van der Waals surface area contributed by atoms with Crippen molar-refractivity contribution in [3.63, 3.8) is 0 Å². The minimum atomic E-state index is -0.725. The quantitative estimate of drug-likeness (QED) is 0.359. The number of hydrogen-bond acceptors (Lipinski definition) is 6. The Morgan fingerprint density at radius 1 is 1.03 bits per heavy atom. The van der Waals surface area contributed by atoms with Crippen LogP contribution >= 0.6 is 0 Å². The van der Waals surface area contributed by atoms with E-state index in [9.17, 15) is 9.59 Å². The van der Waals surface area contributed by atoms with Crippen LogP contribution < -0.4 is 19.8 Å². The molecule has 0 unspecified atom stereocenters. The molecule has 0 fully saturated rings. The van der Waals surface area contributed by atoms with Crippen molar-refractivity contribution in [1.29, 1.82) is 0 Å². The fourth-order valence-electron chi connectivity index (χ4n) is 4.27. The number of anilines is 1. The Hall–Kier alpha value is -4.13. The lowest BCUT2D eigenvalue weighted by Crippen LogP contribution is -2.30. The van der Waals surface area contributed by atoms with Gasteiger partial charge in [0.05, 0.1) is 30.7 Å². The van der Waals surface area contributed by atoms with Crippen LogP contribution in [0.4, 0.5) is 5.82 Å². The molecule has 1 aliphatic rings. The first-order valence-corrected chi connectivity index (χ1v) is 11.2. The summed E-state index contributed by atoms with van der Waals surface area (Å²) in [5.74, 6) is 1.18. The van der Waals surface area contributed by atoms with Crippen molar-refractivity contribution in [2.24, 2.45) is 0 Å². The molecule has 7 nitrogen and oxygen atoms in total. The molecule has 2 aromatic carbocycles. The van der Waals surface area contributed by atoms with E-state index in [1.807, 2.05) is 12.1 Å². The molecule has 5 rings (SSSR count). The van der Waals surface area contributed by atoms with Crippen LogP contribution in [0, 0.1) is 0 Å². The zero-order valence-electron chi connectivity index (χ0n) is 19.0. The molecular weight excluding hydrogens is 432 g/mol. The molecule has 0 saturated carbocycles. The number of benzene rings is 2. The molecule has 1 amide bonds. The number of pyridine rings is 1. The fraction of sp³-hybridized carbons (Fsp3) is 0.222. The van der Waals surface area contributed by atoms with Gasteiger partial charge in [0.15, 0.2) is 16.9 Å². The zero-order chi connectivity index (χ0) is 23.7. The minimum Gasteiger partial charge on any atom is -0.493 e. The van der Waals surface area contributed by atoms with E-state index in [0.29, 0.717) is 40.5 Å². The molecule has 0 radical (unpaired) electrons. The Morgan fingerprint density at radius 3 is 2.62 bits per heavy atom. The van der Waals surface area contributed by atoms with E-state index in [-0.39, 0.29) is 16.8 Å². The first-order valence-electron chi connectivity index (χ1n) is 11.2. The molecule has 34 heavy (non-hydrogen) atoms. The standard InChI is InChI=1S/C27H24N2O5/c1-3-4-15-33-20-13-12-17(16-21(20)32-2)24-23-25(30)18-9-5-6-10-19(18)34-26(23)27(31)29(24)22-11-7-8-14-28-22/h5-14,16,24H,3-4,15H2,1-2H3/t24-/m1/s1. The number of hydrogen-bond donors (Lipinski definition) is 0. The highest BCUT2D eigenvalue weighted by molar-refractivity contribution is 6.10. The number of nitrogens with zero attached hydrogens (tertiary/aromatic N) is 2. The Labute approximate surface area is 196 Å². The fourth-order valence-corrected chi connectivity index (χ4v) is 4.27. The number of carbonyl (C=O) groups excluding carboxylic acids is 1. The third-order valence-corrected chi connectivity index (χ3v) is 5.93. The Morgan fingerprint density at radius 2 is 1.85 bits per heavy atom. The molecular formula is C27H24N2O5. The van der Waals surface area contributed by atoms with E-state index in [2.05, 4.69) is 11.9 Å². The SMILES string of the molecule is CCCCOc1ccc([C@@H]2c3c(oc4ccccc4c3=O)C(=O)N2c2ccccn2)cc1OC. The van der Waals surface area contributed by atoms with Gasteiger partial charge in [-0.2, -0.15) is 0 Å². The molecule has 7 heteroatoms. The summed E-state index contributed by atoms with van der Waals surface area (Å²) in [5, 5.41) is 0.424. The number of fused-ring (bicyclic) bond motifs is 2. The van der Waals surface area contributed by atoms with Crippen LogP contribution in [0.3, 0.4) is 0 Å². The average molecular weight is 456 g/mol. The number of carbonyl (C=O) groups is 1. The molecule has 0 saturated heterocycles. The summed E-state index contributed by atoms with van der Waals surface area (Å²) >= 11 is 0. The van der Waals surface area contributed by atoms with Gasteiger partial charge in [0.25, 0.3) is 5.91 Å². The maximum atomic E-state index is 13.6. The van der Waals surface area contributed by atoms with Crippen molar-refractivity contribution in [3.8, 4) is 11.5 Å². The number of para-hydroxylation sites is 1. The monoisotopic (exact) mass is 456 g/mol. The van der Waals surface area contributed by atoms with Crippen molar-refractivity contribution in [2.45, 2.75) is 25.8 Å². The van der Waals surface area contributed by atoms with Gasteiger partial charge in [-0.05, 0) is 48.4 Å². The highest BCUT2D eigenvalue weighted by Gasteiger charge is 2.44. The summed E-state index contributed by atoms with van der Waals surface area (Å²) in [5.41, 5.74) is 1.12. The summed E-state index contributed by atoms with van der Waals surface area (Å²) in [6, 6.07) is 17.0. The Bertz CT molecular complexity index is 1410. The molecule has 4 aromatic rings. The van der Waals surface area contributed by atoms with Gasteiger partial charge in [-0.25, -0.2) is 4.98 Å². The molecule has 1 aliphatic heterocycles. The average Bonchev–Trinajstić information content (AvgIpc) is 3.17. The molecule has 0 spiro atoms. The van der Waals surface area contributed by atoms with Crippen molar-refractivity contribution >= 4 is 22.7 Å². The van der Waals surface area contributed by atoms with E-state index in [1.54, 1.807) is 61.8 Å². The second-order valence-corrected chi connectivity index (χ2v) is 8.05. The number of aromatic nitrogens is 1. The van der Waals surface area contributed by atoms with Crippen molar-refractivity contribution in [1.82, 2.24) is 4.98 Å². The third kappa shape index (κ3) is 3.59. The van der Waals surface area contributed by atoms with Gasteiger partial charge < -0.3 is 13.9 Å². The lowest BCUT2D eigenvalue weighted by atomic mass is 9.98. The topological polar surface area (TPSA) is 81.9 Å². The first-order chi connectivity index (χ1) is 16.6. The van der Waals surface area contributed by atoms with Crippen LogP contribution in [0.15, 0.2) is 76.1 Å². The maximum Gasteiger partial charge on any atom is 0.296 e. The molecule has 2 aromatic heterocycles. The van der Waals surface area contributed by atoms with Gasteiger partial charge in [-0.3, -0.25) is 14.5 Å². The van der Waals surface area contributed by atoms with E-state index in [4.69, 9.17) is 13.9 Å². The highest BCUT2D eigenvalue weighted by atomic mass is 16.5. The zero-order valence-corrected chi connectivity index (χ0v) is 19.0. The third-order valence-electron chi connectivity index (χ3n) is 5.93. The predicted molar refractivity (Wildman–Crippen MR) is 129 cm³/mol. The van der Waals surface area contributed by atoms with Crippen LogP contribution in [0.25, 0.3) is 11.0 Å². The van der Waals surface area contributed by atoms with Gasteiger partial charge in [0.2, 0.25) is 5.76 Å². The van der Waals surface area contributed by atoms with Crippen LogP contribution in [-0.2, 0) is 0 Å². The number of rotatable bonds is 7. The van der Waals surface area contributed by atoms with E-state index in [1.165, 1.54) is 4.90 Å². The van der Waals surface area contributed by atoms with Crippen molar-refractivity contribution in [3.05, 3.63) is 94.0 Å². The number of methoxy groups -OCH3 is 1. The minimum absolute atomic E-state index is 0.0293. The Kier molecular flexibility index (Phi) is 5.76. The van der Waals surface area contributed by atoms with Gasteiger partial charge in [0.1, 0.15) is 11.4 Å². The highest BCUT2D eigenvalue weighted by Crippen LogP contribution is 2.42. The number of ether oxygens (including phenoxy) is 2. The van der Waals surface area contributed by atoms with Gasteiger partial charge in [-0.15, -0.1) is 0 Å². The molecule has 0 N–H and O–H groups in total. The lowest BCUT2D eigenvalue weighted by Gasteiger charge is -2.25. The smallest absolute Gasteiger partial charge is 0.296 e. The van der Waals surface area contributed by atoms with Crippen LogP contribution in [-0.4, -0.2) is 24.6 Å². The molecule has 172 valence electrons. The van der Waals surface area contributed by atoms with Crippen molar-refractivity contribution < 1.29 is 18.7 Å². The van der Waals surface area contributed by atoms with Crippen LogP contribution in [0.2, 0.25) is 0 Å².